The highest BCUT2D eigenvalue weighted by Crippen LogP contribution is 2.36. The normalized spacial score (nSPS) is 17.4. The van der Waals surface area contributed by atoms with Gasteiger partial charge in [-0.15, -0.1) is 11.3 Å². The monoisotopic (exact) mass is 385 g/mol. The lowest BCUT2D eigenvalue weighted by atomic mass is 10.2. The summed E-state index contributed by atoms with van der Waals surface area (Å²) < 4.78 is 27.0. The van der Waals surface area contributed by atoms with Crippen LogP contribution in [0.5, 0.6) is 0 Å². The molecule has 25 heavy (non-hydrogen) atoms. The molecule has 1 aliphatic heterocycles. The fourth-order valence-corrected chi connectivity index (χ4v) is 5.70. The first-order valence-corrected chi connectivity index (χ1v) is 10.0. The molecule has 1 unspecified atom stereocenters. The number of aliphatic hydroxyl groups is 1. The highest BCUT2D eigenvalue weighted by Gasteiger charge is 2.30. The first-order valence-electron chi connectivity index (χ1n) is 7.78. The van der Waals surface area contributed by atoms with Gasteiger partial charge in [0.05, 0.1) is 0 Å². The standard InChI is InChI=1S/C14H19N5O4S2/c15-12(20)9-8-11(25(22,23)19-6-2-1-3-7-19)24-14(9)17-13(21)10-4-5-16-18-10/h4-5,8,12,20H,1-3,6-7,15H2,(H,16,18)(H,17,21). The molecular weight excluding hydrogens is 366 g/mol. The van der Waals surface area contributed by atoms with Crippen molar-refractivity contribution < 1.29 is 18.3 Å². The molecule has 1 amide bonds. The van der Waals surface area contributed by atoms with Crippen LogP contribution in [0.1, 0.15) is 41.5 Å². The fraction of sp³-hybridized carbons (Fsp3) is 0.429. The first kappa shape index (κ1) is 18.0. The molecule has 1 fully saturated rings. The number of nitrogens with two attached hydrogens (primary N) is 1. The number of nitrogens with zero attached hydrogens (tertiary/aromatic N) is 2. The van der Waals surface area contributed by atoms with Crippen molar-refractivity contribution in [1.82, 2.24) is 14.5 Å². The van der Waals surface area contributed by atoms with E-state index in [-0.39, 0.29) is 20.5 Å². The van der Waals surface area contributed by atoms with Gasteiger partial charge in [0, 0.05) is 24.8 Å². The molecule has 0 aliphatic carbocycles. The Labute approximate surface area is 148 Å². The molecule has 136 valence electrons. The van der Waals surface area contributed by atoms with Crippen LogP contribution in [0.15, 0.2) is 22.5 Å². The van der Waals surface area contributed by atoms with E-state index < -0.39 is 22.2 Å². The zero-order valence-corrected chi connectivity index (χ0v) is 14.9. The molecule has 0 spiro atoms. The topological polar surface area (TPSA) is 141 Å². The summed E-state index contributed by atoms with van der Waals surface area (Å²) in [5.74, 6) is -0.497. The molecular formula is C14H19N5O4S2. The molecule has 11 heteroatoms. The highest BCUT2D eigenvalue weighted by molar-refractivity contribution is 7.91. The van der Waals surface area contributed by atoms with Gasteiger partial charge in [-0.25, -0.2) is 8.42 Å². The SMILES string of the molecule is NC(O)c1cc(S(=O)(=O)N2CCCCC2)sc1NC(=O)c1ccn[nH]1. The number of rotatable bonds is 5. The van der Waals surface area contributed by atoms with E-state index in [0.717, 1.165) is 30.6 Å². The number of carbonyl (C=O) groups is 1. The lowest BCUT2D eigenvalue weighted by Crippen LogP contribution is -2.35. The summed E-state index contributed by atoms with van der Waals surface area (Å²) in [6, 6.07) is 2.80. The quantitative estimate of drug-likeness (QED) is 0.562. The number of hydrogen-bond donors (Lipinski definition) is 4. The van der Waals surface area contributed by atoms with Crippen LogP contribution in [0.4, 0.5) is 5.00 Å². The Bertz CT molecular complexity index is 839. The molecule has 3 rings (SSSR count). The lowest BCUT2D eigenvalue weighted by molar-refractivity contribution is 0.102. The van der Waals surface area contributed by atoms with Crippen molar-refractivity contribution in [3.63, 3.8) is 0 Å². The number of piperidine rings is 1. The van der Waals surface area contributed by atoms with Gasteiger partial charge in [-0.3, -0.25) is 9.89 Å². The minimum absolute atomic E-state index is 0.0498. The summed E-state index contributed by atoms with van der Waals surface area (Å²) >= 11 is 0.878. The van der Waals surface area contributed by atoms with Gasteiger partial charge in [0.1, 0.15) is 21.1 Å². The van der Waals surface area contributed by atoms with Gasteiger partial charge in [-0.2, -0.15) is 9.40 Å². The number of hydrogen-bond acceptors (Lipinski definition) is 7. The van der Waals surface area contributed by atoms with Crippen LogP contribution >= 0.6 is 11.3 Å². The number of aliphatic hydroxyl groups excluding tert-OH is 1. The van der Waals surface area contributed by atoms with Crippen LogP contribution in [0.25, 0.3) is 0 Å². The third-order valence-corrected chi connectivity index (χ3v) is 7.35. The zero-order chi connectivity index (χ0) is 18.0. The minimum atomic E-state index is -3.67. The summed E-state index contributed by atoms with van der Waals surface area (Å²) in [7, 11) is -3.67. The Morgan fingerprint density at radius 1 is 1.40 bits per heavy atom. The number of anilines is 1. The van der Waals surface area contributed by atoms with Crippen molar-refractivity contribution >= 4 is 32.3 Å². The Balaban J connectivity index is 1.90. The molecule has 5 N–H and O–H groups in total. The second kappa shape index (κ2) is 7.22. The van der Waals surface area contributed by atoms with E-state index in [1.165, 1.54) is 22.6 Å². The molecule has 1 aliphatic rings. The summed E-state index contributed by atoms with van der Waals surface area (Å²) in [6.45, 7) is 0.938. The minimum Gasteiger partial charge on any atom is -0.374 e. The molecule has 0 aromatic carbocycles. The van der Waals surface area contributed by atoms with E-state index in [1.54, 1.807) is 0 Å². The van der Waals surface area contributed by atoms with Crippen LogP contribution in [0.3, 0.4) is 0 Å². The van der Waals surface area contributed by atoms with Gasteiger partial charge in [-0.1, -0.05) is 6.42 Å². The van der Waals surface area contributed by atoms with E-state index in [4.69, 9.17) is 5.73 Å². The van der Waals surface area contributed by atoms with Crippen LogP contribution in [0.2, 0.25) is 0 Å². The number of nitrogens with one attached hydrogen (secondary N) is 2. The van der Waals surface area contributed by atoms with E-state index in [9.17, 15) is 18.3 Å². The van der Waals surface area contributed by atoms with Crippen molar-refractivity contribution in [2.45, 2.75) is 29.7 Å². The predicted octanol–water partition coefficient (Wildman–Crippen LogP) is 0.848. The van der Waals surface area contributed by atoms with Crippen molar-refractivity contribution in [3.05, 3.63) is 29.6 Å². The highest BCUT2D eigenvalue weighted by atomic mass is 32.2. The summed E-state index contributed by atoms with van der Waals surface area (Å²) in [4.78, 5) is 12.2. The smallest absolute Gasteiger partial charge is 0.274 e. The number of amides is 1. The maximum absolute atomic E-state index is 12.8. The second-order valence-electron chi connectivity index (χ2n) is 5.68. The molecule has 3 heterocycles. The van der Waals surface area contributed by atoms with Crippen molar-refractivity contribution in [3.8, 4) is 0 Å². The largest absolute Gasteiger partial charge is 0.374 e. The number of aromatic nitrogens is 2. The van der Waals surface area contributed by atoms with E-state index >= 15 is 0 Å². The third-order valence-electron chi connectivity index (χ3n) is 3.94. The summed E-state index contributed by atoms with van der Waals surface area (Å²) in [5.41, 5.74) is 5.90. The fourth-order valence-electron chi connectivity index (χ4n) is 2.61. The Kier molecular flexibility index (Phi) is 5.20. The van der Waals surface area contributed by atoms with E-state index in [2.05, 4.69) is 15.5 Å². The van der Waals surface area contributed by atoms with Gasteiger partial charge in [-0.05, 0) is 25.0 Å². The van der Waals surface area contributed by atoms with Crippen LogP contribution in [-0.4, -0.2) is 47.0 Å². The van der Waals surface area contributed by atoms with Crippen LogP contribution in [-0.2, 0) is 10.0 Å². The van der Waals surface area contributed by atoms with Crippen molar-refractivity contribution in [2.24, 2.45) is 5.73 Å². The lowest BCUT2D eigenvalue weighted by Gasteiger charge is -2.25. The molecule has 9 nitrogen and oxygen atoms in total. The van der Waals surface area contributed by atoms with Crippen LogP contribution < -0.4 is 11.1 Å². The first-order chi connectivity index (χ1) is 11.9. The molecule has 0 saturated carbocycles. The molecule has 2 aromatic rings. The van der Waals surface area contributed by atoms with Crippen molar-refractivity contribution in [2.75, 3.05) is 18.4 Å². The van der Waals surface area contributed by atoms with Gasteiger partial charge in [0.25, 0.3) is 15.9 Å². The van der Waals surface area contributed by atoms with Gasteiger partial charge in [0.2, 0.25) is 0 Å². The van der Waals surface area contributed by atoms with E-state index in [1.807, 2.05) is 0 Å². The van der Waals surface area contributed by atoms with Gasteiger partial charge in [0.15, 0.2) is 0 Å². The second-order valence-corrected chi connectivity index (χ2v) is 8.90. The number of aromatic amines is 1. The number of H-pyrrole nitrogens is 1. The van der Waals surface area contributed by atoms with Crippen LogP contribution in [0, 0.1) is 0 Å². The Hall–Kier alpha value is -1.79. The predicted molar refractivity (Wildman–Crippen MR) is 92.6 cm³/mol. The molecule has 0 bridgehead atoms. The maximum Gasteiger partial charge on any atom is 0.274 e. The molecule has 2 aromatic heterocycles. The molecule has 0 radical (unpaired) electrons. The van der Waals surface area contributed by atoms with Gasteiger partial charge < -0.3 is 16.2 Å². The Morgan fingerprint density at radius 3 is 2.72 bits per heavy atom. The average Bonchev–Trinajstić information content (AvgIpc) is 3.25. The molecule has 1 saturated heterocycles. The van der Waals surface area contributed by atoms with E-state index in [0.29, 0.717) is 13.1 Å². The van der Waals surface area contributed by atoms with Crippen molar-refractivity contribution in [1.29, 1.82) is 0 Å². The summed E-state index contributed by atoms with van der Waals surface area (Å²) in [5, 5.41) is 18.7. The number of carbonyl (C=O) groups excluding carboxylic acids is 1. The maximum atomic E-state index is 12.8. The van der Waals surface area contributed by atoms with Gasteiger partial charge >= 0.3 is 0 Å². The Morgan fingerprint density at radius 2 is 2.12 bits per heavy atom. The zero-order valence-electron chi connectivity index (χ0n) is 13.3. The third kappa shape index (κ3) is 3.75. The number of thiophene rings is 1. The summed E-state index contributed by atoms with van der Waals surface area (Å²) in [6.07, 6.45) is 2.67. The number of sulfonamides is 1. The average molecular weight is 385 g/mol. The molecule has 1 atom stereocenters.